The lowest BCUT2D eigenvalue weighted by atomic mass is 9.90. The number of rotatable bonds is 3. The van der Waals surface area contributed by atoms with Gasteiger partial charge in [-0.15, -0.1) is 0 Å². The maximum atomic E-state index is 9.82. The highest BCUT2D eigenvalue weighted by Crippen LogP contribution is 2.38. The zero-order chi connectivity index (χ0) is 17.1. The minimum absolute atomic E-state index is 0.710. The van der Waals surface area contributed by atoms with E-state index in [1.807, 2.05) is 6.07 Å². The first-order valence-electron chi connectivity index (χ1n) is 8.83. The molecule has 25 heavy (non-hydrogen) atoms. The van der Waals surface area contributed by atoms with E-state index in [1.54, 1.807) is 0 Å². The van der Waals surface area contributed by atoms with Gasteiger partial charge in [-0.2, -0.15) is 5.26 Å². The van der Waals surface area contributed by atoms with Gasteiger partial charge < -0.3 is 0 Å². The molecule has 0 radical (unpaired) electrons. The summed E-state index contributed by atoms with van der Waals surface area (Å²) in [5.41, 5.74) is 3.73. The average Bonchev–Trinajstić information content (AvgIpc) is 2.70. The van der Waals surface area contributed by atoms with Crippen LogP contribution in [0.25, 0.3) is 0 Å². The van der Waals surface area contributed by atoms with Crippen molar-refractivity contribution in [2.24, 2.45) is 0 Å². The van der Waals surface area contributed by atoms with Crippen LogP contribution in [0.5, 0.6) is 0 Å². The lowest BCUT2D eigenvalue weighted by molar-refractivity contribution is 0.688. The number of nitrogens with zero attached hydrogens (tertiary/aromatic N) is 1. The van der Waals surface area contributed by atoms with Crippen molar-refractivity contribution in [3.63, 3.8) is 0 Å². The van der Waals surface area contributed by atoms with E-state index in [-0.39, 0.29) is 0 Å². The number of benzene rings is 3. The van der Waals surface area contributed by atoms with Gasteiger partial charge in [-0.05, 0) is 61.4 Å². The normalized spacial score (nSPS) is 13.3. The molecule has 0 aliphatic heterocycles. The van der Waals surface area contributed by atoms with Gasteiger partial charge in [0.25, 0.3) is 0 Å². The lowest BCUT2D eigenvalue weighted by Crippen LogP contribution is -2.27. The summed E-state index contributed by atoms with van der Waals surface area (Å²) in [6.45, 7) is 0. The second-order valence-corrected chi connectivity index (χ2v) is 8.58. The average molecular weight is 341 g/mol. The number of hydrogen-bond acceptors (Lipinski definition) is 1. The molecule has 3 aromatic carbocycles. The van der Waals surface area contributed by atoms with E-state index < -0.39 is 7.92 Å². The Balaban J connectivity index is 1.99. The van der Waals surface area contributed by atoms with Crippen LogP contribution in [0.4, 0.5) is 0 Å². The highest BCUT2D eigenvalue weighted by molar-refractivity contribution is 7.80. The topological polar surface area (TPSA) is 23.8 Å². The largest absolute Gasteiger partial charge is 0.192 e. The van der Waals surface area contributed by atoms with E-state index in [4.69, 9.17) is 0 Å². The Labute approximate surface area is 150 Å². The minimum Gasteiger partial charge on any atom is -0.192 e. The van der Waals surface area contributed by atoms with E-state index >= 15 is 0 Å². The van der Waals surface area contributed by atoms with Crippen LogP contribution >= 0.6 is 7.92 Å². The minimum atomic E-state index is -0.710. The van der Waals surface area contributed by atoms with Gasteiger partial charge in [0.2, 0.25) is 0 Å². The molecule has 2 heteroatoms. The Morgan fingerprint density at radius 3 is 1.92 bits per heavy atom. The van der Waals surface area contributed by atoms with Crippen LogP contribution in [-0.2, 0) is 12.8 Å². The van der Waals surface area contributed by atoms with Gasteiger partial charge in [0.15, 0.2) is 0 Å². The molecular weight excluding hydrogens is 321 g/mol. The monoisotopic (exact) mass is 341 g/mol. The molecule has 0 N–H and O–H groups in total. The summed E-state index contributed by atoms with van der Waals surface area (Å²) in [6.07, 6.45) is 4.72. The first-order valence-corrected chi connectivity index (χ1v) is 10.2. The van der Waals surface area contributed by atoms with E-state index in [2.05, 4.69) is 72.8 Å². The van der Waals surface area contributed by atoms with Gasteiger partial charge in [0, 0.05) is 5.30 Å². The second kappa shape index (κ2) is 7.22. The summed E-state index contributed by atoms with van der Waals surface area (Å²) in [5, 5.41) is 13.7. The molecular formula is C23H20NP. The highest BCUT2D eigenvalue weighted by Gasteiger charge is 2.25. The van der Waals surface area contributed by atoms with Gasteiger partial charge in [-0.25, -0.2) is 0 Å². The van der Waals surface area contributed by atoms with Crippen LogP contribution in [0.2, 0.25) is 0 Å². The van der Waals surface area contributed by atoms with Crippen molar-refractivity contribution >= 4 is 23.8 Å². The van der Waals surface area contributed by atoms with Crippen molar-refractivity contribution in [3.05, 3.63) is 89.5 Å². The molecule has 0 spiro atoms. The Morgan fingerprint density at radius 2 is 1.32 bits per heavy atom. The number of hydrogen-bond donors (Lipinski definition) is 0. The van der Waals surface area contributed by atoms with Crippen molar-refractivity contribution < 1.29 is 0 Å². The highest BCUT2D eigenvalue weighted by atomic mass is 31.1. The van der Waals surface area contributed by atoms with Crippen LogP contribution < -0.4 is 15.9 Å². The molecule has 0 heterocycles. The van der Waals surface area contributed by atoms with Gasteiger partial charge in [-0.3, -0.25) is 0 Å². The molecule has 0 amide bonds. The fourth-order valence-electron chi connectivity index (χ4n) is 3.72. The third-order valence-corrected chi connectivity index (χ3v) is 7.46. The quantitative estimate of drug-likeness (QED) is 0.655. The number of fused-ring (bicyclic) bond motifs is 1. The van der Waals surface area contributed by atoms with Gasteiger partial charge >= 0.3 is 0 Å². The molecule has 0 saturated heterocycles. The van der Waals surface area contributed by atoms with Crippen molar-refractivity contribution in [2.45, 2.75) is 25.7 Å². The van der Waals surface area contributed by atoms with Crippen molar-refractivity contribution in [1.29, 1.82) is 5.26 Å². The Morgan fingerprint density at radius 1 is 0.720 bits per heavy atom. The van der Waals surface area contributed by atoms with Crippen LogP contribution in [0.15, 0.2) is 72.8 Å². The van der Waals surface area contributed by atoms with Crippen molar-refractivity contribution in [1.82, 2.24) is 0 Å². The molecule has 0 aromatic heterocycles. The molecule has 3 aromatic rings. The number of aryl methyl sites for hydroxylation is 1. The zero-order valence-corrected chi connectivity index (χ0v) is 15.0. The Bertz CT molecular complexity index is 871. The standard InChI is InChI=1S/C23H20NP/c24-17-19-16-15-18-9-7-8-14-22(18)23(19)25(20-10-3-1-4-11-20)21-12-5-2-6-13-21/h1-6,10-13,15-16H,7-9,14H2. The summed E-state index contributed by atoms with van der Waals surface area (Å²) in [7, 11) is -0.710. The summed E-state index contributed by atoms with van der Waals surface area (Å²) in [5.74, 6) is 0. The van der Waals surface area contributed by atoms with E-state index in [0.717, 1.165) is 18.4 Å². The second-order valence-electron chi connectivity index (χ2n) is 6.42. The Hall–Kier alpha value is -2.42. The van der Waals surface area contributed by atoms with Crippen LogP contribution in [-0.4, -0.2) is 0 Å². The third-order valence-electron chi connectivity index (χ3n) is 4.88. The first-order chi connectivity index (χ1) is 12.4. The Kier molecular flexibility index (Phi) is 4.64. The molecule has 122 valence electrons. The molecule has 4 rings (SSSR count). The molecule has 0 saturated carbocycles. The predicted octanol–water partition coefficient (Wildman–Crippen LogP) is 4.20. The first kappa shape index (κ1) is 16.1. The zero-order valence-electron chi connectivity index (χ0n) is 14.2. The van der Waals surface area contributed by atoms with Crippen LogP contribution in [0, 0.1) is 11.3 Å². The SMILES string of the molecule is N#Cc1ccc2c(c1P(c1ccccc1)c1ccccc1)CCCC2. The van der Waals surface area contributed by atoms with Crippen LogP contribution in [0.1, 0.15) is 29.5 Å². The molecule has 1 aliphatic rings. The number of nitriles is 1. The molecule has 0 fully saturated rings. The van der Waals surface area contributed by atoms with E-state index in [0.29, 0.717) is 0 Å². The molecule has 1 nitrogen and oxygen atoms in total. The van der Waals surface area contributed by atoms with Gasteiger partial charge in [-0.1, -0.05) is 66.7 Å². The molecule has 0 bridgehead atoms. The maximum absolute atomic E-state index is 9.82. The predicted molar refractivity (Wildman–Crippen MR) is 107 cm³/mol. The third kappa shape index (κ3) is 3.11. The van der Waals surface area contributed by atoms with Gasteiger partial charge in [0.05, 0.1) is 11.6 Å². The van der Waals surface area contributed by atoms with E-state index in [1.165, 1.54) is 39.9 Å². The maximum Gasteiger partial charge on any atom is 0.0998 e. The molecule has 1 aliphatic carbocycles. The molecule has 0 atom stereocenters. The molecule has 0 unspecified atom stereocenters. The van der Waals surface area contributed by atoms with Crippen LogP contribution in [0.3, 0.4) is 0 Å². The van der Waals surface area contributed by atoms with Crippen molar-refractivity contribution in [3.8, 4) is 6.07 Å². The summed E-state index contributed by atoms with van der Waals surface area (Å²) >= 11 is 0. The van der Waals surface area contributed by atoms with E-state index in [9.17, 15) is 5.26 Å². The van der Waals surface area contributed by atoms with Crippen molar-refractivity contribution in [2.75, 3.05) is 0 Å². The smallest absolute Gasteiger partial charge is 0.0998 e. The summed E-state index contributed by atoms with van der Waals surface area (Å²) in [4.78, 5) is 0. The summed E-state index contributed by atoms with van der Waals surface area (Å²) in [6, 6.07) is 28.1. The summed E-state index contributed by atoms with van der Waals surface area (Å²) < 4.78 is 0. The lowest BCUT2D eigenvalue weighted by Gasteiger charge is -2.27. The fraction of sp³-hybridized carbons (Fsp3) is 0.174. The fourth-order valence-corrected chi connectivity index (χ4v) is 6.36. The van der Waals surface area contributed by atoms with Gasteiger partial charge in [0.1, 0.15) is 0 Å².